The van der Waals surface area contributed by atoms with Gasteiger partial charge < -0.3 is 11.1 Å². The third-order valence-electron chi connectivity index (χ3n) is 3.00. The number of piperidine rings is 1. The van der Waals surface area contributed by atoms with Crippen LogP contribution in [0.25, 0.3) is 0 Å². The van der Waals surface area contributed by atoms with E-state index in [4.69, 9.17) is 17.3 Å². The van der Waals surface area contributed by atoms with Crippen molar-refractivity contribution in [2.24, 2.45) is 5.73 Å². The van der Waals surface area contributed by atoms with Gasteiger partial charge in [0, 0.05) is 17.5 Å². The average molecular weight is 239 g/mol. The molecule has 2 atom stereocenters. The summed E-state index contributed by atoms with van der Waals surface area (Å²) >= 11 is 6.06. The van der Waals surface area contributed by atoms with E-state index in [2.05, 4.69) is 5.32 Å². The molecular weight excluding hydrogens is 224 g/mol. The van der Waals surface area contributed by atoms with E-state index in [-0.39, 0.29) is 18.0 Å². The van der Waals surface area contributed by atoms with Crippen molar-refractivity contribution >= 4 is 17.5 Å². The first-order valence-corrected chi connectivity index (χ1v) is 5.76. The smallest absolute Gasteiger partial charge is 0.220 e. The maximum absolute atomic E-state index is 11.3. The van der Waals surface area contributed by atoms with Gasteiger partial charge in [-0.05, 0) is 30.5 Å². The van der Waals surface area contributed by atoms with Crippen LogP contribution in [0.1, 0.15) is 30.0 Å². The second-order valence-electron chi connectivity index (χ2n) is 4.26. The highest BCUT2D eigenvalue weighted by atomic mass is 35.5. The zero-order valence-electron chi connectivity index (χ0n) is 9.16. The van der Waals surface area contributed by atoms with Crippen LogP contribution in [0.3, 0.4) is 0 Å². The molecule has 3 N–H and O–H groups in total. The quantitative estimate of drug-likeness (QED) is 0.786. The van der Waals surface area contributed by atoms with Crippen LogP contribution >= 0.6 is 11.6 Å². The summed E-state index contributed by atoms with van der Waals surface area (Å²) < 4.78 is 0. The lowest BCUT2D eigenvalue weighted by atomic mass is 9.92. The first-order valence-electron chi connectivity index (χ1n) is 5.39. The molecule has 0 aliphatic carbocycles. The fourth-order valence-electron chi connectivity index (χ4n) is 1.95. The number of hydrogen-bond donors (Lipinski definition) is 2. The minimum absolute atomic E-state index is 0.0310. The molecule has 0 saturated carbocycles. The molecule has 0 radical (unpaired) electrons. The zero-order valence-corrected chi connectivity index (χ0v) is 9.92. The van der Waals surface area contributed by atoms with Crippen molar-refractivity contribution in [3.63, 3.8) is 0 Å². The first-order chi connectivity index (χ1) is 7.58. The van der Waals surface area contributed by atoms with Crippen molar-refractivity contribution in [3.05, 3.63) is 34.3 Å². The molecule has 1 fully saturated rings. The Morgan fingerprint density at radius 3 is 2.94 bits per heavy atom. The molecule has 1 aromatic carbocycles. The molecule has 1 aliphatic heterocycles. The lowest BCUT2D eigenvalue weighted by Crippen LogP contribution is -2.45. The Hall–Kier alpha value is -1.06. The fourth-order valence-corrected chi connectivity index (χ4v) is 2.14. The average Bonchev–Trinajstić information content (AvgIpc) is 2.26. The lowest BCUT2D eigenvalue weighted by Gasteiger charge is -2.30. The van der Waals surface area contributed by atoms with Crippen LogP contribution in [0.5, 0.6) is 0 Å². The highest BCUT2D eigenvalue weighted by Gasteiger charge is 2.27. The fraction of sp³-hybridized carbons (Fsp3) is 0.417. The first kappa shape index (κ1) is 11.4. The van der Waals surface area contributed by atoms with Crippen LogP contribution in [0, 0.1) is 6.92 Å². The van der Waals surface area contributed by atoms with Crippen LogP contribution in [0.4, 0.5) is 0 Å². The lowest BCUT2D eigenvalue weighted by molar-refractivity contribution is -0.123. The molecule has 1 saturated heterocycles. The Balaban J connectivity index is 2.28. The van der Waals surface area contributed by atoms with Gasteiger partial charge in [0.05, 0.1) is 6.04 Å². The van der Waals surface area contributed by atoms with Gasteiger partial charge in [0.25, 0.3) is 0 Å². The monoisotopic (exact) mass is 238 g/mol. The number of benzene rings is 1. The summed E-state index contributed by atoms with van der Waals surface area (Å²) in [4.78, 5) is 11.3. The number of hydrogen-bond acceptors (Lipinski definition) is 2. The van der Waals surface area contributed by atoms with Crippen LogP contribution in [0.2, 0.25) is 5.02 Å². The second kappa shape index (κ2) is 4.44. The Bertz CT molecular complexity index is 419. The summed E-state index contributed by atoms with van der Waals surface area (Å²) in [6.07, 6.45) is 1.24. The minimum atomic E-state index is -0.112. The molecule has 0 aromatic heterocycles. The number of carbonyl (C=O) groups excluding carboxylic acids is 1. The van der Waals surface area contributed by atoms with Crippen LogP contribution < -0.4 is 11.1 Å². The molecule has 1 heterocycles. The topological polar surface area (TPSA) is 55.1 Å². The Morgan fingerprint density at radius 1 is 1.50 bits per heavy atom. The van der Waals surface area contributed by atoms with Crippen molar-refractivity contribution < 1.29 is 4.79 Å². The van der Waals surface area contributed by atoms with Crippen LogP contribution in [-0.2, 0) is 4.79 Å². The molecule has 3 nitrogen and oxygen atoms in total. The minimum Gasteiger partial charge on any atom is -0.348 e. The number of aryl methyl sites for hydroxylation is 1. The van der Waals surface area contributed by atoms with E-state index in [0.29, 0.717) is 11.4 Å². The predicted octanol–water partition coefficient (Wildman–Crippen LogP) is 1.93. The molecule has 2 rings (SSSR count). The summed E-state index contributed by atoms with van der Waals surface area (Å²) in [6, 6.07) is 5.66. The van der Waals surface area contributed by atoms with Gasteiger partial charge in [-0.25, -0.2) is 0 Å². The van der Waals surface area contributed by atoms with Gasteiger partial charge in [-0.15, -0.1) is 0 Å². The van der Waals surface area contributed by atoms with Crippen LogP contribution in [-0.4, -0.2) is 11.9 Å². The largest absolute Gasteiger partial charge is 0.348 e. The van der Waals surface area contributed by atoms with Gasteiger partial charge in [0.15, 0.2) is 0 Å². The molecule has 1 amide bonds. The van der Waals surface area contributed by atoms with Gasteiger partial charge in [-0.1, -0.05) is 23.7 Å². The van der Waals surface area contributed by atoms with Gasteiger partial charge in [0.2, 0.25) is 5.91 Å². The Labute approximate surface area is 100.0 Å². The van der Waals surface area contributed by atoms with Crippen molar-refractivity contribution in [2.45, 2.75) is 31.8 Å². The molecule has 2 unspecified atom stereocenters. The summed E-state index contributed by atoms with van der Waals surface area (Å²) in [5, 5.41) is 3.62. The highest BCUT2D eigenvalue weighted by Crippen LogP contribution is 2.26. The Morgan fingerprint density at radius 2 is 2.25 bits per heavy atom. The van der Waals surface area contributed by atoms with Crippen molar-refractivity contribution in [3.8, 4) is 0 Å². The molecule has 0 spiro atoms. The molecule has 16 heavy (non-hydrogen) atoms. The summed E-state index contributed by atoms with van der Waals surface area (Å²) in [5.74, 6) is 0.0587. The number of rotatable bonds is 1. The molecule has 1 aliphatic rings. The zero-order chi connectivity index (χ0) is 11.7. The molecule has 0 bridgehead atoms. The predicted molar refractivity (Wildman–Crippen MR) is 64.3 cm³/mol. The maximum Gasteiger partial charge on any atom is 0.220 e. The van der Waals surface area contributed by atoms with E-state index >= 15 is 0 Å². The van der Waals surface area contributed by atoms with E-state index in [0.717, 1.165) is 17.5 Å². The van der Waals surface area contributed by atoms with E-state index in [9.17, 15) is 4.79 Å². The van der Waals surface area contributed by atoms with Crippen molar-refractivity contribution in [2.75, 3.05) is 0 Å². The van der Waals surface area contributed by atoms with Crippen LogP contribution in [0.15, 0.2) is 18.2 Å². The number of nitrogens with one attached hydrogen (secondary N) is 1. The van der Waals surface area contributed by atoms with E-state index < -0.39 is 0 Å². The highest BCUT2D eigenvalue weighted by molar-refractivity contribution is 6.31. The number of nitrogens with two attached hydrogens (primary N) is 1. The molecule has 86 valence electrons. The van der Waals surface area contributed by atoms with E-state index in [1.165, 1.54) is 0 Å². The summed E-state index contributed by atoms with van der Waals surface area (Å²) in [7, 11) is 0. The molecular formula is C12H15ClN2O. The normalized spacial score (nSPS) is 25.3. The number of amides is 1. The summed E-state index contributed by atoms with van der Waals surface area (Å²) in [5.41, 5.74) is 8.01. The third kappa shape index (κ3) is 2.20. The van der Waals surface area contributed by atoms with E-state index in [1.54, 1.807) is 0 Å². The van der Waals surface area contributed by atoms with E-state index in [1.807, 2.05) is 25.1 Å². The van der Waals surface area contributed by atoms with Gasteiger partial charge in [-0.2, -0.15) is 0 Å². The van der Waals surface area contributed by atoms with Crippen molar-refractivity contribution in [1.82, 2.24) is 5.32 Å². The summed E-state index contributed by atoms with van der Waals surface area (Å²) in [6.45, 7) is 1.95. The number of halogens is 1. The standard InChI is InChI=1S/C12H15ClN2O/c1-7-2-3-8(6-9(7)13)12-10(14)4-5-11(16)15-12/h2-3,6,10,12H,4-5,14H2,1H3,(H,15,16). The SMILES string of the molecule is Cc1ccc(C2NC(=O)CCC2N)cc1Cl. The van der Waals surface area contributed by atoms with Gasteiger partial charge >= 0.3 is 0 Å². The van der Waals surface area contributed by atoms with Gasteiger partial charge in [-0.3, -0.25) is 4.79 Å². The Kier molecular flexibility index (Phi) is 3.17. The second-order valence-corrected chi connectivity index (χ2v) is 4.66. The third-order valence-corrected chi connectivity index (χ3v) is 3.41. The molecule has 4 heteroatoms. The maximum atomic E-state index is 11.3. The molecule has 1 aromatic rings. The number of carbonyl (C=O) groups is 1. The van der Waals surface area contributed by atoms with Crippen molar-refractivity contribution in [1.29, 1.82) is 0 Å². The van der Waals surface area contributed by atoms with Gasteiger partial charge in [0.1, 0.15) is 0 Å².